The first-order valence-corrected chi connectivity index (χ1v) is 15.9. The molecule has 0 aliphatic carbocycles. The van der Waals surface area contributed by atoms with Crippen molar-refractivity contribution in [3.8, 4) is 11.5 Å². The summed E-state index contributed by atoms with van der Waals surface area (Å²) in [5.41, 5.74) is 2.72. The SMILES string of the molecule is COc1ccc(CCNC(=O)CCCCCn2c(SCc3cc(=O)n4ccccc4n3)nc3ccsc3c2=O)cc1OC. The van der Waals surface area contributed by atoms with Gasteiger partial charge in [-0.25, -0.2) is 9.97 Å². The smallest absolute Gasteiger partial charge is 0.272 e. The number of thioether (sulfide) groups is 1. The number of nitrogens with zero attached hydrogens (tertiary/aromatic N) is 4. The van der Waals surface area contributed by atoms with E-state index >= 15 is 0 Å². The Bertz CT molecular complexity index is 1850. The number of thiophene rings is 1. The van der Waals surface area contributed by atoms with E-state index in [9.17, 15) is 14.4 Å². The number of rotatable bonds is 14. The van der Waals surface area contributed by atoms with Crippen molar-refractivity contribution in [2.24, 2.45) is 0 Å². The molecular weight excluding hydrogens is 587 g/mol. The molecule has 0 radical (unpaired) electrons. The van der Waals surface area contributed by atoms with Crippen molar-refractivity contribution in [3.05, 3.63) is 92.1 Å². The van der Waals surface area contributed by atoms with Gasteiger partial charge >= 0.3 is 0 Å². The van der Waals surface area contributed by atoms with E-state index in [2.05, 4.69) is 10.3 Å². The van der Waals surface area contributed by atoms with Crippen LogP contribution in [0.25, 0.3) is 15.9 Å². The van der Waals surface area contributed by atoms with Gasteiger partial charge in [-0.1, -0.05) is 30.3 Å². The Morgan fingerprint density at radius 3 is 2.70 bits per heavy atom. The van der Waals surface area contributed by atoms with Crippen molar-refractivity contribution < 1.29 is 14.3 Å². The number of ether oxygens (including phenoxy) is 2. The average Bonchev–Trinajstić information content (AvgIpc) is 3.50. The van der Waals surface area contributed by atoms with E-state index in [1.54, 1.807) is 37.1 Å². The summed E-state index contributed by atoms with van der Waals surface area (Å²) in [6.45, 7) is 1.03. The van der Waals surface area contributed by atoms with Gasteiger partial charge in [-0.15, -0.1) is 11.3 Å². The number of pyridine rings is 1. The molecule has 1 N–H and O–H groups in total. The molecule has 10 nitrogen and oxygen atoms in total. The van der Waals surface area contributed by atoms with Crippen LogP contribution in [0.2, 0.25) is 0 Å². The Morgan fingerprint density at radius 1 is 1.00 bits per heavy atom. The summed E-state index contributed by atoms with van der Waals surface area (Å²) < 4.78 is 14.4. The summed E-state index contributed by atoms with van der Waals surface area (Å²) in [7, 11) is 3.20. The molecule has 4 aromatic heterocycles. The van der Waals surface area contributed by atoms with Gasteiger partial charge in [0, 0.05) is 37.5 Å². The Morgan fingerprint density at radius 2 is 1.86 bits per heavy atom. The van der Waals surface area contributed by atoms with Crippen LogP contribution in [0.5, 0.6) is 11.5 Å². The van der Waals surface area contributed by atoms with Crippen LogP contribution in [0, 0.1) is 0 Å². The molecule has 0 aliphatic heterocycles. The van der Waals surface area contributed by atoms with E-state index in [0.717, 1.165) is 24.8 Å². The summed E-state index contributed by atoms with van der Waals surface area (Å²) in [6.07, 6.45) is 5.06. The zero-order valence-electron chi connectivity index (χ0n) is 24.1. The van der Waals surface area contributed by atoms with Crippen LogP contribution in [0.1, 0.15) is 36.9 Å². The lowest BCUT2D eigenvalue weighted by Crippen LogP contribution is -2.25. The second-order valence-corrected chi connectivity index (χ2v) is 11.7. The van der Waals surface area contributed by atoms with Crippen molar-refractivity contribution in [2.75, 3.05) is 20.8 Å². The molecular formula is C31H33N5O5S2. The fourth-order valence-corrected chi connectivity index (χ4v) is 6.45. The number of hydrogen-bond donors (Lipinski definition) is 1. The van der Waals surface area contributed by atoms with Crippen LogP contribution >= 0.6 is 23.1 Å². The fraction of sp³-hybridized carbons (Fsp3) is 0.323. The summed E-state index contributed by atoms with van der Waals surface area (Å²) >= 11 is 2.78. The van der Waals surface area contributed by atoms with Gasteiger partial charge in [0.05, 0.1) is 25.4 Å². The number of carbonyl (C=O) groups excluding carboxylic acids is 1. The minimum Gasteiger partial charge on any atom is -0.493 e. The first kappa shape index (κ1) is 30.3. The van der Waals surface area contributed by atoms with E-state index in [1.807, 2.05) is 35.7 Å². The molecule has 43 heavy (non-hydrogen) atoms. The molecule has 0 aliphatic rings. The van der Waals surface area contributed by atoms with Gasteiger partial charge in [0.25, 0.3) is 11.1 Å². The molecule has 0 saturated heterocycles. The van der Waals surface area contributed by atoms with Gasteiger partial charge in [-0.3, -0.25) is 23.4 Å². The van der Waals surface area contributed by atoms with Crippen LogP contribution in [0.15, 0.2) is 74.9 Å². The number of benzene rings is 1. The lowest BCUT2D eigenvalue weighted by molar-refractivity contribution is -0.121. The van der Waals surface area contributed by atoms with E-state index in [0.29, 0.717) is 69.9 Å². The van der Waals surface area contributed by atoms with Crippen LogP contribution in [0.4, 0.5) is 0 Å². The highest BCUT2D eigenvalue weighted by Gasteiger charge is 2.14. The van der Waals surface area contributed by atoms with Gasteiger partial charge in [0.15, 0.2) is 16.7 Å². The van der Waals surface area contributed by atoms with Crippen molar-refractivity contribution >= 4 is 44.9 Å². The maximum Gasteiger partial charge on any atom is 0.272 e. The molecule has 1 aromatic carbocycles. The molecule has 5 rings (SSSR count). The number of unbranched alkanes of at least 4 members (excludes halogenated alkanes) is 2. The summed E-state index contributed by atoms with van der Waals surface area (Å²) in [5.74, 6) is 1.76. The Kier molecular flexibility index (Phi) is 10.1. The second-order valence-electron chi connectivity index (χ2n) is 9.89. The molecule has 5 aromatic rings. The van der Waals surface area contributed by atoms with Gasteiger partial charge in [0.2, 0.25) is 5.91 Å². The predicted molar refractivity (Wildman–Crippen MR) is 170 cm³/mol. The standard InChI is InChI=1S/C31H33N5O5S2/c1-40-24-11-10-21(18-25(24)41-2)12-14-32-27(37)9-4-3-6-16-36-30(39)29-23(13-17-42-29)34-31(36)43-20-22-19-28(38)35-15-7-5-8-26(35)33-22/h5,7-8,10-11,13,15,17-19H,3-4,6,9,12,14,16,20H2,1-2H3,(H,32,37). The number of nitrogens with one attached hydrogen (secondary N) is 1. The highest BCUT2D eigenvalue weighted by atomic mass is 32.2. The third kappa shape index (κ3) is 7.44. The fourth-order valence-electron chi connectivity index (χ4n) is 4.75. The quantitative estimate of drug-likeness (QED) is 0.108. The van der Waals surface area contributed by atoms with Crippen LogP contribution in [0.3, 0.4) is 0 Å². The minimum atomic E-state index is -0.148. The van der Waals surface area contributed by atoms with Crippen molar-refractivity contribution in [1.82, 2.24) is 24.3 Å². The van der Waals surface area contributed by atoms with Crippen molar-refractivity contribution in [1.29, 1.82) is 0 Å². The number of fused-ring (bicyclic) bond motifs is 2. The van der Waals surface area contributed by atoms with Crippen LogP contribution in [-0.2, 0) is 23.5 Å². The molecule has 0 fully saturated rings. The number of amides is 1. The first-order valence-electron chi connectivity index (χ1n) is 14.0. The zero-order chi connectivity index (χ0) is 30.2. The molecule has 0 unspecified atom stereocenters. The summed E-state index contributed by atoms with van der Waals surface area (Å²) in [6, 6.07) is 14.5. The number of carbonyl (C=O) groups is 1. The molecule has 1 amide bonds. The number of methoxy groups -OCH3 is 2. The lowest BCUT2D eigenvalue weighted by Gasteiger charge is -2.12. The molecule has 0 bridgehead atoms. The monoisotopic (exact) mass is 619 g/mol. The van der Waals surface area contributed by atoms with Crippen LogP contribution in [-0.4, -0.2) is 45.6 Å². The number of aromatic nitrogens is 4. The first-order chi connectivity index (χ1) is 21.0. The highest BCUT2D eigenvalue weighted by molar-refractivity contribution is 7.98. The molecule has 0 atom stereocenters. The molecule has 0 spiro atoms. The van der Waals surface area contributed by atoms with Crippen molar-refractivity contribution in [3.63, 3.8) is 0 Å². The second kappa shape index (κ2) is 14.3. The van der Waals surface area contributed by atoms with E-state index in [4.69, 9.17) is 14.5 Å². The topological polar surface area (TPSA) is 117 Å². The Labute approximate surface area is 256 Å². The van der Waals surface area contributed by atoms with E-state index in [-0.39, 0.29) is 17.0 Å². The van der Waals surface area contributed by atoms with Gasteiger partial charge in [-0.05, 0) is 60.5 Å². The van der Waals surface area contributed by atoms with E-state index < -0.39 is 0 Å². The van der Waals surface area contributed by atoms with Gasteiger partial charge in [0.1, 0.15) is 10.3 Å². The lowest BCUT2D eigenvalue weighted by atomic mass is 10.1. The van der Waals surface area contributed by atoms with Crippen molar-refractivity contribution in [2.45, 2.75) is 49.6 Å². The summed E-state index contributed by atoms with van der Waals surface area (Å²) in [4.78, 5) is 47.5. The third-order valence-electron chi connectivity index (χ3n) is 6.97. The normalized spacial score (nSPS) is 11.2. The zero-order valence-corrected chi connectivity index (χ0v) is 25.7. The van der Waals surface area contributed by atoms with Gasteiger partial charge < -0.3 is 14.8 Å². The number of hydrogen-bond acceptors (Lipinski definition) is 9. The maximum atomic E-state index is 13.3. The molecule has 4 heterocycles. The van der Waals surface area contributed by atoms with Gasteiger partial charge in [-0.2, -0.15) is 0 Å². The molecule has 224 valence electrons. The molecule has 12 heteroatoms. The third-order valence-corrected chi connectivity index (χ3v) is 8.87. The van der Waals surface area contributed by atoms with E-state index in [1.165, 1.54) is 33.6 Å². The Hall–Kier alpha value is -4.16. The predicted octanol–water partition coefficient (Wildman–Crippen LogP) is 4.69. The highest BCUT2D eigenvalue weighted by Crippen LogP contribution is 2.27. The average molecular weight is 620 g/mol. The minimum absolute atomic E-state index is 0.00866. The van der Waals surface area contributed by atoms with Crippen LogP contribution < -0.4 is 25.9 Å². The maximum absolute atomic E-state index is 13.3. The Balaban J connectivity index is 1.13. The summed E-state index contributed by atoms with van der Waals surface area (Å²) in [5, 5.41) is 5.45. The molecule has 0 saturated carbocycles. The largest absolute Gasteiger partial charge is 0.493 e.